The molecule has 0 spiro atoms. The number of hydrogen-bond donors (Lipinski definition) is 2. The molecule has 5 nitrogen and oxygen atoms in total. The lowest BCUT2D eigenvalue weighted by Crippen LogP contribution is -2.28. The molecule has 3 aromatic rings. The third-order valence-corrected chi connectivity index (χ3v) is 4.55. The summed E-state index contributed by atoms with van der Waals surface area (Å²) in [4.78, 5) is 4.36. The predicted molar refractivity (Wildman–Crippen MR) is 90.3 cm³/mol. The SMILES string of the molecule is OC1CCC(Nc2ccc3ncc(-c4ccc(F)cc4)n3n2)CC1. The highest BCUT2D eigenvalue weighted by molar-refractivity contribution is 5.63. The Labute approximate surface area is 139 Å². The molecule has 1 aliphatic carbocycles. The summed E-state index contributed by atoms with van der Waals surface area (Å²) in [5, 5.41) is 17.7. The van der Waals surface area contributed by atoms with Gasteiger partial charge in [-0.15, -0.1) is 5.10 Å². The Kier molecular flexibility index (Phi) is 3.90. The number of aromatic nitrogens is 3. The maximum Gasteiger partial charge on any atom is 0.154 e. The summed E-state index contributed by atoms with van der Waals surface area (Å²) in [5.41, 5.74) is 2.45. The van der Waals surface area contributed by atoms with E-state index in [1.807, 2.05) is 12.1 Å². The number of imidazole rings is 1. The number of rotatable bonds is 3. The van der Waals surface area contributed by atoms with Crippen molar-refractivity contribution < 1.29 is 9.50 Å². The van der Waals surface area contributed by atoms with Crippen LogP contribution in [0.3, 0.4) is 0 Å². The second-order valence-corrected chi connectivity index (χ2v) is 6.29. The molecule has 0 aliphatic heterocycles. The highest BCUT2D eigenvalue weighted by Gasteiger charge is 2.19. The van der Waals surface area contributed by atoms with Crippen LogP contribution in [0.1, 0.15) is 25.7 Å². The average molecular weight is 326 g/mol. The van der Waals surface area contributed by atoms with Gasteiger partial charge in [0.2, 0.25) is 0 Å². The molecule has 0 unspecified atom stereocenters. The maximum atomic E-state index is 13.1. The van der Waals surface area contributed by atoms with E-state index in [-0.39, 0.29) is 11.9 Å². The molecule has 0 saturated heterocycles. The van der Waals surface area contributed by atoms with Crippen molar-refractivity contribution in [3.63, 3.8) is 0 Å². The highest BCUT2D eigenvalue weighted by atomic mass is 19.1. The van der Waals surface area contributed by atoms with Gasteiger partial charge in [0.25, 0.3) is 0 Å². The summed E-state index contributed by atoms with van der Waals surface area (Å²) in [6, 6.07) is 10.5. The third kappa shape index (κ3) is 2.97. The van der Waals surface area contributed by atoms with Crippen LogP contribution < -0.4 is 5.32 Å². The molecular formula is C18H19FN4O. The quantitative estimate of drug-likeness (QED) is 0.775. The van der Waals surface area contributed by atoms with Crippen molar-refractivity contribution in [2.24, 2.45) is 0 Å². The number of hydrogen-bond acceptors (Lipinski definition) is 4. The molecule has 4 rings (SSSR count). The second-order valence-electron chi connectivity index (χ2n) is 6.29. The van der Waals surface area contributed by atoms with Crippen LogP contribution in [0.2, 0.25) is 0 Å². The summed E-state index contributed by atoms with van der Waals surface area (Å²) < 4.78 is 14.9. The van der Waals surface area contributed by atoms with Crippen LogP contribution in [0.4, 0.5) is 10.2 Å². The topological polar surface area (TPSA) is 62.5 Å². The van der Waals surface area contributed by atoms with Gasteiger partial charge in [0.15, 0.2) is 5.65 Å². The molecule has 2 aromatic heterocycles. The van der Waals surface area contributed by atoms with E-state index < -0.39 is 0 Å². The van der Waals surface area contributed by atoms with Gasteiger partial charge in [-0.1, -0.05) is 0 Å². The molecule has 0 amide bonds. The molecule has 1 saturated carbocycles. The molecular weight excluding hydrogens is 307 g/mol. The van der Waals surface area contributed by atoms with Crippen molar-refractivity contribution in [3.8, 4) is 11.3 Å². The average Bonchev–Trinajstić information content (AvgIpc) is 3.01. The van der Waals surface area contributed by atoms with Gasteiger partial charge >= 0.3 is 0 Å². The van der Waals surface area contributed by atoms with E-state index in [1.165, 1.54) is 12.1 Å². The first-order valence-electron chi connectivity index (χ1n) is 8.24. The molecule has 1 aliphatic rings. The predicted octanol–water partition coefficient (Wildman–Crippen LogP) is 3.25. The van der Waals surface area contributed by atoms with Crippen molar-refractivity contribution in [3.05, 3.63) is 48.4 Å². The molecule has 24 heavy (non-hydrogen) atoms. The molecule has 6 heteroatoms. The number of halogens is 1. The van der Waals surface area contributed by atoms with Gasteiger partial charge in [-0.3, -0.25) is 0 Å². The fourth-order valence-corrected chi connectivity index (χ4v) is 3.20. The van der Waals surface area contributed by atoms with Crippen LogP contribution in [-0.2, 0) is 0 Å². The minimum absolute atomic E-state index is 0.169. The van der Waals surface area contributed by atoms with Gasteiger partial charge in [-0.2, -0.15) is 0 Å². The van der Waals surface area contributed by atoms with E-state index in [4.69, 9.17) is 0 Å². The Morgan fingerprint density at radius 2 is 1.79 bits per heavy atom. The first kappa shape index (κ1) is 15.1. The van der Waals surface area contributed by atoms with Crippen molar-refractivity contribution in [1.82, 2.24) is 14.6 Å². The third-order valence-electron chi connectivity index (χ3n) is 4.55. The molecule has 0 atom stereocenters. The number of fused-ring (bicyclic) bond motifs is 1. The van der Waals surface area contributed by atoms with E-state index in [1.54, 1.807) is 22.8 Å². The maximum absolute atomic E-state index is 13.1. The number of benzene rings is 1. The Morgan fingerprint density at radius 3 is 2.54 bits per heavy atom. The Bertz CT molecular complexity index is 838. The van der Waals surface area contributed by atoms with Crippen LogP contribution in [0.5, 0.6) is 0 Å². The van der Waals surface area contributed by atoms with E-state index in [2.05, 4.69) is 15.4 Å². The lowest BCUT2D eigenvalue weighted by molar-refractivity contribution is 0.126. The number of aliphatic hydroxyl groups excluding tert-OH is 1. The minimum Gasteiger partial charge on any atom is -0.393 e. The molecule has 0 radical (unpaired) electrons. The zero-order valence-corrected chi connectivity index (χ0v) is 13.2. The summed E-state index contributed by atoms with van der Waals surface area (Å²) in [6.07, 6.45) is 5.11. The Balaban J connectivity index is 1.62. The summed E-state index contributed by atoms with van der Waals surface area (Å²) in [5.74, 6) is 0.521. The van der Waals surface area contributed by atoms with Crippen LogP contribution in [-0.4, -0.2) is 31.9 Å². The van der Waals surface area contributed by atoms with Crippen molar-refractivity contribution in [2.75, 3.05) is 5.32 Å². The summed E-state index contributed by atoms with van der Waals surface area (Å²) in [6.45, 7) is 0. The molecule has 1 aromatic carbocycles. The zero-order valence-electron chi connectivity index (χ0n) is 13.2. The smallest absolute Gasteiger partial charge is 0.154 e. The Morgan fingerprint density at radius 1 is 1.04 bits per heavy atom. The van der Waals surface area contributed by atoms with E-state index in [9.17, 15) is 9.50 Å². The van der Waals surface area contributed by atoms with E-state index >= 15 is 0 Å². The highest BCUT2D eigenvalue weighted by Crippen LogP contribution is 2.24. The van der Waals surface area contributed by atoms with Crippen LogP contribution >= 0.6 is 0 Å². The van der Waals surface area contributed by atoms with Gasteiger partial charge in [-0.05, 0) is 62.1 Å². The van der Waals surface area contributed by atoms with Gasteiger partial charge in [0, 0.05) is 11.6 Å². The lowest BCUT2D eigenvalue weighted by Gasteiger charge is -2.26. The standard InChI is InChI=1S/C18H19FN4O/c19-13-3-1-12(2-4-13)16-11-20-18-10-9-17(22-23(16)18)21-14-5-7-15(24)8-6-14/h1-4,9-11,14-15,24H,5-8H2,(H,21,22). The molecule has 1 fully saturated rings. The molecule has 2 heterocycles. The lowest BCUT2D eigenvalue weighted by atomic mass is 9.93. The van der Waals surface area contributed by atoms with Crippen molar-refractivity contribution in [2.45, 2.75) is 37.8 Å². The first-order chi connectivity index (χ1) is 11.7. The van der Waals surface area contributed by atoms with Crippen LogP contribution in [0.15, 0.2) is 42.6 Å². The van der Waals surface area contributed by atoms with Crippen molar-refractivity contribution >= 4 is 11.5 Å². The van der Waals surface area contributed by atoms with E-state index in [0.717, 1.165) is 48.4 Å². The number of aliphatic hydroxyl groups is 1. The second kappa shape index (κ2) is 6.20. The molecule has 124 valence electrons. The van der Waals surface area contributed by atoms with Crippen LogP contribution in [0, 0.1) is 5.82 Å². The van der Waals surface area contributed by atoms with Crippen LogP contribution in [0.25, 0.3) is 16.9 Å². The largest absolute Gasteiger partial charge is 0.393 e. The summed E-state index contributed by atoms with van der Waals surface area (Å²) in [7, 11) is 0. The minimum atomic E-state index is -0.262. The molecule has 2 N–H and O–H groups in total. The zero-order chi connectivity index (χ0) is 16.5. The van der Waals surface area contributed by atoms with Gasteiger partial charge < -0.3 is 10.4 Å². The molecule has 0 bridgehead atoms. The van der Waals surface area contributed by atoms with Gasteiger partial charge in [-0.25, -0.2) is 13.9 Å². The summed E-state index contributed by atoms with van der Waals surface area (Å²) >= 11 is 0. The fourth-order valence-electron chi connectivity index (χ4n) is 3.20. The number of nitrogens with zero attached hydrogens (tertiary/aromatic N) is 3. The monoisotopic (exact) mass is 326 g/mol. The van der Waals surface area contributed by atoms with Gasteiger partial charge in [0.1, 0.15) is 11.6 Å². The number of anilines is 1. The fraction of sp³-hybridized carbons (Fsp3) is 0.333. The first-order valence-corrected chi connectivity index (χ1v) is 8.24. The van der Waals surface area contributed by atoms with Crippen molar-refractivity contribution in [1.29, 1.82) is 0 Å². The number of nitrogens with one attached hydrogen (secondary N) is 1. The van der Waals surface area contributed by atoms with E-state index in [0.29, 0.717) is 6.04 Å². The normalized spacial score (nSPS) is 21.1. The Hall–Kier alpha value is -2.47. The van der Waals surface area contributed by atoms with Gasteiger partial charge in [0.05, 0.1) is 18.0 Å².